The van der Waals surface area contributed by atoms with Crippen LogP contribution in [0.2, 0.25) is 0 Å². The van der Waals surface area contributed by atoms with Crippen LogP contribution in [-0.4, -0.2) is 30.6 Å². The van der Waals surface area contributed by atoms with E-state index < -0.39 is 0 Å². The number of anilines is 2. The Kier molecular flexibility index (Phi) is 4.96. The molecule has 24 heavy (non-hydrogen) atoms. The zero-order valence-corrected chi connectivity index (χ0v) is 13.8. The van der Waals surface area contributed by atoms with Crippen LogP contribution < -0.4 is 15.5 Å². The molecule has 0 spiro atoms. The van der Waals surface area contributed by atoms with Crippen molar-refractivity contribution in [3.63, 3.8) is 0 Å². The maximum Gasteiger partial charge on any atom is 0.292 e. The molecule has 1 aliphatic rings. The third kappa shape index (κ3) is 3.83. The van der Waals surface area contributed by atoms with Crippen molar-refractivity contribution >= 4 is 17.1 Å². The van der Waals surface area contributed by atoms with Gasteiger partial charge in [0.15, 0.2) is 0 Å². The van der Waals surface area contributed by atoms with Gasteiger partial charge in [0.2, 0.25) is 0 Å². The van der Waals surface area contributed by atoms with E-state index in [0.717, 1.165) is 30.9 Å². The molecule has 1 atom stereocenters. The van der Waals surface area contributed by atoms with Crippen LogP contribution in [-0.2, 0) is 6.54 Å². The smallest absolute Gasteiger partial charge is 0.292 e. The van der Waals surface area contributed by atoms with Crippen molar-refractivity contribution in [3.8, 4) is 0 Å². The van der Waals surface area contributed by atoms with Crippen LogP contribution in [0.5, 0.6) is 0 Å². The highest BCUT2D eigenvalue weighted by Crippen LogP contribution is 2.30. The fraction of sp³-hybridized carbons (Fsp3) is 0.333. The summed E-state index contributed by atoms with van der Waals surface area (Å²) in [6.45, 7) is 5.72. The number of piperazine rings is 1. The second-order valence-corrected chi connectivity index (χ2v) is 6.25. The third-order valence-corrected chi connectivity index (χ3v) is 4.34. The molecule has 1 aliphatic heterocycles. The Bertz CT molecular complexity index is 705. The Balaban J connectivity index is 1.81. The molecule has 2 aromatic rings. The molecular weight excluding hydrogens is 304 g/mol. The number of nitrogens with one attached hydrogen (secondary N) is 1. The number of nitrogens with two attached hydrogens (primary N) is 1. The van der Waals surface area contributed by atoms with Gasteiger partial charge in [0.25, 0.3) is 5.69 Å². The highest BCUT2D eigenvalue weighted by atomic mass is 16.6. The molecule has 1 heterocycles. The highest BCUT2D eigenvalue weighted by molar-refractivity contribution is 5.69. The van der Waals surface area contributed by atoms with Crippen LogP contribution >= 0.6 is 0 Å². The van der Waals surface area contributed by atoms with Crippen molar-refractivity contribution in [3.05, 3.63) is 64.2 Å². The van der Waals surface area contributed by atoms with Crippen LogP contribution in [0.1, 0.15) is 12.5 Å². The minimum absolute atomic E-state index is 0.117. The molecule has 1 saturated heterocycles. The van der Waals surface area contributed by atoms with E-state index in [0.29, 0.717) is 18.3 Å². The van der Waals surface area contributed by atoms with Gasteiger partial charge in [0.1, 0.15) is 11.7 Å². The molecule has 3 N–H and O–H groups in total. The van der Waals surface area contributed by atoms with Crippen LogP contribution in [0, 0.1) is 10.1 Å². The summed E-state index contributed by atoms with van der Waals surface area (Å²) in [6, 6.07) is 15.8. The first-order valence-corrected chi connectivity index (χ1v) is 8.28. The van der Waals surface area contributed by atoms with Gasteiger partial charge >= 0.3 is 0 Å². The van der Waals surface area contributed by atoms with Crippen molar-refractivity contribution in [1.82, 2.24) is 0 Å². The van der Waals surface area contributed by atoms with Crippen LogP contribution in [0.3, 0.4) is 0 Å². The Labute approximate surface area is 141 Å². The zero-order chi connectivity index (χ0) is 16.9. The Morgan fingerprint density at radius 1 is 1.29 bits per heavy atom. The van der Waals surface area contributed by atoms with Gasteiger partial charge in [-0.25, -0.2) is 0 Å². The first-order chi connectivity index (χ1) is 11.6. The summed E-state index contributed by atoms with van der Waals surface area (Å²) < 4.78 is 0. The first kappa shape index (κ1) is 16.3. The maximum atomic E-state index is 11.3. The number of quaternary nitrogens is 1. The molecule has 0 radical (unpaired) electrons. The second-order valence-electron chi connectivity index (χ2n) is 6.25. The predicted octanol–water partition coefficient (Wildman–Crippen LogP) is 1.98. The fourth-order valence-electron chi connectivity index (χ4n) is 3.08. The Hall–Kier alpha value is -2.60. The molecule has 6 heteroatoms. The molecule has 6 nitrogen and oxygen atoms in total. The molecule has 0 bridgehead atoms. The van der Waals surface area contributed by atoms with E-state index in [4.69, 9.17) is 0 Å². The molecule has 0 unspecified atom stereocenters. The Morgan fingerprint density at radius 3 is 2.79 bits per heavy atom. The van der Waals surface area contributed by atoms with E-state index in [1.54, 1.807) is 6.07 Å². The average Bonchev–Trinajstić information content (AvgIpc) is 2.60. The molecule has 0 saturated carbocycles. The number of hydrogen-bond acceptors (Lipinski definition) is 4. The second kappa shape index (κ2) is 7.31. The van der Waals surface area contributed by atoms with Crippen molar-refractivity contribution in [1.29, 1.82) is 0 Å². The van der Waals surface area contributed by atoms with Crippen LogP contribution in [0.4, 0.5) is 17.1 Å². The molecule has 0 aromatic heterocycles. The average molecular weight is 327 g/mol. The zero-order valence-electron chi connectivity index (χ0n) is 13.8. The summed E-state index contributed by atoms with van der Waals surface area (Å²) in [5, 5.41) is 16.9. The number of nitro groups is 1. The quantitative estimate of drug-likeness (QED) is 0.650. The van der Waals surface area contributed by atoms with Gasteiger partial charge in [-0.05, 0) is 24.6 Å². The lowest BCUT2D eigenvalue weighted by atomic mass is 10.1. The van der Waals surface area contributed by atoms with E-state index in [-0.39, 0.29) is 10.6 Å². The normalized spacial score (nSPS) is 17.5. The van der Waals surface area contributed by atoms with E-state index in [1.165, 1.54) is 0 Å². The molecule has 3 rings (SSSR count). The number of hydrogen-bond donors (Lipinski definition) is 2. The number of nitrogens with zero attached hydrogens (tertiary/aromatic N) is 2. The van der Waals surface area contributed by atoms with Crippen molar-refractivity contribution in [2.45, 2.75) is 19.5 Å². The van der Waals surface area contributed by atoms with Crippen LogP contribution in [0.15, 0.2) is 48.5 Å². The van der Waals surface area contributed by atoms with Crippen molar-refractivity contribution in [2.24, 2.45) is 0 Å². The summed E-state index contributed by atoms with van der Waals surface area (Å²) >= 11 is 0. The predicted molar refractivity (Wildman–Crippen MR) is 95.3 cm³/mol. The topological polar surface area (TPSA) is 75.0 Å². The molecule has 0 aliphatic carbocycles. The monoisotopic (exact) mass is 327 g/mol. The van der Waals surface area contributed by atoms with Gasteiger partial charge in [0.05, 0.1) is 24.6 Å². The SMILES string of the molecule is C[C@@H]1CN(c2ccc([N+](=O)[O-])c(NCc3ccccc3)c2)CC[NH2+]1. The number of nitro benzene ring substituents is 1. The minimum Gasteiger partial charge on any atom is -0.375 e. The molecule has 126 valence electrons. The standard InChI is InChI=1S/C18H22N4O2/c1-14-13-21(10-9-19-14)16-7-8-18(22(23)24)17(11-16)20-12-15-5-3-2-4-6-15/h2-8,11,14,19-20H,9-10,12-13H2,1H3/p+1/t14-/m1/s1. The minimum atomic E-state index is -0.330. The van der Waals surface area contributed by atoms with Gasteiger partial charge in [-0.3, -0.25) is 10.1 Å². The fourth-order valence-corrected chi connectivity index (χ4v) is 3.08. The lowest BCUT2D eigenvalue weighted by molar-refractivity contribution is -0.687. The van der Waals surface area contributed by atoms with E-state index >= 15 is 0 Å². The number of rotatable bonds is 5. The summed E-state index contributed by atoms with van der Waals surface area (Å²) in [6.07, 6.45) is 0. The van der Waals surface area contributed by atoms with E-state index in [9.17, 15) is 10.1 Å². The summed E-state index contributed by atoms with van der Waals surface area (Å²) in [5.41, 5.74) is 2.82. The lowest BCUT2D eigenvalue weighted by Gasteiger charge is -2.31. The van der Waals surface area contributed by atoms with E-state index in [1.807, 2.05) is 42.5 Å². The summed E-state index contributed by atoms with van der Waals surface area (Å²) in [5.74, 6) is 0. The van der Waals surface area contributed by atoms with Gasteiger partial charge < -0.3 is 15.5 Å². The maximum absolute atomic E-state index is 11.3. The highest BCUT2D eigenvalue weighted by Gasteiger charge is 2.21. The van der Waals surface area contributed by atoms with Crippen LogP contribution in [0.25, 0.3) is 0 Å². The van der Waals surface area contributed by atoms with Gasteiger partial charge in [0, 0.05) is 18.3 Å². The summed E-state index contributed by atoms with van der Waals surface area (Å²) in [4.78, 5) is 13.3. The Morgan fingerprint density at radius 2 is 2.08 bits per heavy atom. The van der Waals surface area contributed by atoms with E-state index in [2.05, 4.69) is 22.5 Å². The largest absolute Gasteiger partial charge is 0.375 e. The summed E-state index contributed by atoms with van der Waals surface area (Å²) in [7, 11) is 0. The van der Waals surface area contributed by atoms with Crippen molar-refractivity contribution in [2.75, 3.05) is 29.9 Å². The van der Waals surface area contributed by atoms with Gasteiger partial charge in [-0.2, -0.15) is 0 Å². The lowest BCUT2D eigenvalue weighted by Crippen LogP contribution is -2.94. The van der Waals surface area contributed by atoms with Gasteiger partial charge in [-0.15, -0.1) is 0 Å². The molecular formula is C18H23N4O2+. The number of benzene rings is 2. The van der Waals surface area contributed by atoms with Gasteiger partial charge in [-0.1, -0.05) is 30.3 Å². The first-order valence-electron chi connectivity index (χ1n) is 8.28. The molecule has 1 fully saturated rings. The van der Waals surface area contributed by atoms with Crippen molar-refractivity contribution < 1.29 is 10.2 Å². The molecule has 2 aromatic carbocycles. The third-order valence-electron chi connectivity index (χ3n) is 4.34. The molecule has 0 amide bonds.